The minimum Gasteiger partial charge on any atom is -0.490 e. The van der Waals surface area contributed by atoms with Crippen LogP contribution in [0.3, 0.4) is 0 Å². The average molecular weight is 421 g/mol. The molecule has 3 rings (SSSR count). The van der Waals surface area contributed by atoms with E-state index in [1.54, 1.807) is 31.3 Å². The maximum atomic E-state index is 12.4. The maximum absolute atomic E-state index is 12.4. The number of hydrogen-bond acceptors (Lipinski definition) is 5. The van der Waals surface area contributed by atoms with Crippen molar-refractivity contribution in [1.29, 1.82) is 0 Å². The lowest BCUT2D eigenvalue weighted by atomic mass is 10.3. The molecule has 0 unspecified atom stereocenters. The van der Waals surface area contributed by atoms with Crippen LogP contribution >= 0.6 is 23.4 Å². The zero-order valence-electron chi connectivity index (χ0n) is 15.4. The number of thioether (sulfide) groups is 1. The van der Waals surface area contributed by atoms with E-state index in [2.05, 4.69) is 5.32 Å². The molecule has 1 N–H and O–H groups in total. The Labute approximate surface area is 173 Å². The number of carbonyl (C=O) groups is 2. The molecule has 0 fully saturated rings. The summed E-state index contributed by atoms with van der Waals surface area (Å²) in [6.45, 7) is 1.20. The number of fused-ring (bicyclic) bond motifs is 1. The fourth-order valence-corrected chi connectivity index (χ4v) is 3.59. The van der Waals surface area contributed by atoms with Gasteiger partial charge in [0.25, 0.3) is 0 Å². The minimum atomic E-state index is -0.301. The Morgan fingerprint density at radius 2 is 1.89 bits per heavy atom. The van der Waals surface area contributed by atoms with Gasteiger partial charge < -0.3 is 19.7 Å². The van der Waals surface area contributed by atoms with Crippen molar-refractivity contribution < 1.29 is 19.1 Å². The van der Waals surface area contributed by atoms with Crippen LogP contribution in [-0.4, -0.2) is 49.3 Å². The molecule has 0 bridgehead atoms. The summed E-state index contributed by atoms with van der Waals surface area (Å²) >= 11 is 7.42. The molecule has 6 nitrogen and oxygen atoms in total. The number of likely N-dealkylation sites (N-methyl/N-ethyl adjacent to an activating group) is 1. The number of benzene rings is 2. The number of anilines is 1. The van der Waals surface area contributed by atoms with Crippen molar-refractivity contribution >= 4 is 40.9 Å². The summed E-state index contributed by atoms with van der Waals surface area (Å²) in [6.07, 6.45) is 0.844. The summed E-state index contributed by atoms with van der Waals surface area (Å²) < 4.78 is 11.3. The molecule has 0 aromatic heterocycles. The van der Waals surface area contributed by atoms with Crippen molar-refractivity contribution in [3.63, 3.8) is 0 Å². The van der Waals surface area contributed by atoms with Crippen LogP contribution in [-0.2, 0) is 9.59 Å². The van der Waals surface area contributed by atoms with Crippen LogP contribution < -0.4 is 14.8 Å². The molecule has 8 heteroatoms. The van der Waals surface area contributed by atoms with E-state index < -0.39 is 0 Å². The predicted octanol–water partition coefficient (Wildman–Crippen LogP) is 3.69. The molecule has 0 saturated carbocycles. The predicted molar refractivity (Wildman–Crippen MR) is 110 cm³/mol. The van der Waals surface area contributed by atoms with Gasteiger partial charge in [-0.2, -0.15) is 0 Å². The molecule has 0 aliphatic carbocycles. The van der Waals surface area contributed by atoms with Crippen LogP contribution in [0, 0.1) is 0 Å². The van der Waals surface area contributed by atoms with Crippen molar-refractivity contribution in [2.24, 2.45) is 0 Å². The summed E-state index contributed by atoms with van der Waals surface area (Å²) in [5.74, 6) is 1.19. The highest BCUT2D eigenvalue weighted by Crippen LogP contribution is 2.33. The van der Waals surface area contributed by atoms with Gasteiger partial charge >= 0.3 is 0 Å². The normalized spacial score (nSPS) is 12.8. The number of amides is 2. The molecule has 1 heterocycles. The Hall–Kier alpha value is -2.38. The van der Waals surface area contributed by atoms with Crippen LogP contribution in [0.15, 0.2) is 47.4 Å². The zero-order valence-corrected chi connectivity index (χ0v) is 17.0. The van der Waals surface area contributed by atoms with Crippen molar-refractivity contribution in [2.45, 2.75) is 11.3 Å². The Kier molecular flexibility index (Phi) is 7.06. The molecule has 1 aliphatic heterocycles. The number of hydrogen-bond donors (Lipinski definition) is 1. The Morgan fingerprint density at radius 1 is 1.14 bits per heavy atom. The van der Waals surface area contributed by atoms with E-state index in [4.69, 9.17) is 21.1 Å². The highest BCUT2D eigenvalue weighted by Gasteiger charge is 2.16. The summed E-state index contributed by atoms with van der Waals surface area (Å²) in [4.78, 5) is 26.8. The standard InChI is InChI=1S/C20H21ClN2O4S/c1-23(12-19(24)22-16-6-3-2-5-15(16)21)20(25)13-28-14-7-8-17-18(11-14)27-10-4-9-26-17/h2-3,5-8,11H,4,9-10,12-13H2,1H3,(H,22,24). The van der Waals surface area contributed by atoms with E-state index >= 15 is 0 Å². The van der Waals surface area contributed by atoms with E-state index in [-0.39, 0.29) is 24.1 Å². The van der Waals surface area contributed by atoms with Gasteiger partial charge in [0.2, 0.25) is 11.8 Å². The summed E-state index contributed by atoms with van der Waals surface area (Å²) in [6, 6.07) is 12.6. The molecule has 148 valence electrons. The average Bonchev–Trinajstić information content (AvgIpc) is 2.92. The van der Waals surface area contributed by atoms with Gasteiger partial charge in [0.15, 0.2) is 11.5 Å². The molecule has 2 aromatic carbocycles. The van der Waals surface area contributed by atoms with Crippen molar-refractivity contribution in [1.82, 2.24) is 4.90 Å². The molecule has 1 aliphatic rings. The van der Waals surface area contributed by atoms with E-state index in [0.29, 0.717) is 29.7 Å². The van der Waals surface area contributed by atoms with Crippen LogP contribution in [0.5, 0.6) is 11.5 Å². The third-order valence-corrected chi connectivity index (χ3v) is 5.34. The SMILES string of the molecule is CN(CC(=O)Nc1ccccc1Cl)C(=O)CSc1ccc2c(c1)OCCCO2. The van der Waals surface area contributed by atoms with Crippen molar-refractivity contribution in [2.75, 3.05) is 37.9 Å². The largest absolute Gasteiger partial charge is 0.490 e. The van der Waals surface area contributed by atoms with Gasteiger partial charge in [-0.1, -0.05) is 23.7 Å². The first-order chi connectivity index (χ1) is 13.5. The fourth-order valence-electron chi connectivity index (χ4n) is 2.54. The smallest absolute Gasteiger partial charge is 0.244 e. The van der Waals surface area contributed by atoms with Gasteiger partial charge in [0.05, 0.1) is 36.2 Å². The molecule has 2 aromatic rings. The lowest BCUT2D eigenvalue weighted by molar-refractivity contribution is -0.131. The second-order valence-electron chi connectivity index (χ2n) is 6.23. The van der Waals surface area contributed by atoms with Gasteiger partial charge in [0, 0.05) is 18.4 Å². The highest BCUT2D eigenvalue weighted by atomic mass is 35.5. The van der Waals surface area contributed by atoms with Gasteiger partial charge in [-0.3, -0.25) is 9.59 Å². The van der Waals surface area contributed by atoms with Crippen LogP contribution in [0.4, 0.5) is 5.69 Å². The second-order valence-corrected chi connectivity index (χ2v) is 7.68. The van der Waals surface area contributed by atoms with E-state index in [0.717, 1.165) is 17.1 Å². The first-order valence-electron chi connectivity index (χ1n) is 8.84. The van der Waals surface area contributed by atoms with Crippen molar-refractivity contribution in [3.8, 4) is 11.5 Å². The third kappa shape index (κ3) is 5.56. The molecule has 0 saturated heterocycles. The van der Waals surface area contributed by atoms with Gasteiger partial charge in [-0.25, -0.2) is 0 Å². The van der Waals surface area contributed by atoms with E-state index in [1.165, 1.54) is 16.7 Å². The Bertz CT molecular complexity index is 862. The lowest BCUT2D eigenvalue weighted by Gasteiger charge is -2.17. The third-order valence-electron chi connectivity index (χ3n) is 4.04. The Morgan fingerprint density at radius 3 is 2.68 bits per heavy atom. The summed E-state index contributed by atoms with van der Waals surface area (Å²) in [7, 11) is 1.60. The molecule has 0 radical (unpaired) electrons. The highest BCUT2D eigenvalue weighted by molar-refractivity contribution is 8.00. The lowest BCUT2D eigenvalue weighted by Crippen LogP contribution is -2.36. The van der Waals surface area contributed by atoms with Gasteiger partial charge in [-0.05, 0) is 30.3 Å². The van der Waals surface area contributed by atoms with Crippen LogP contribution in [0.25, 0.3) is 0 Å². The fraction of sp³-hybridized carbons (Fsp3) is 0.300. The molecule has 0 atom stereocenters. The summed E-state index contributed by atoms with van der Waals surface area (Å²) in [5, 5.41) is 3.16. The number of rotatable bonds is 6. The topological polar surface area (TPSA) is 67.9 Å². The molecule has 28 heavy (non-hydrogen) atoms. The van der Waals surface area contributed by atoms with Crippen LogP contribution in [0.2, 0.25) is 5.02 Å². The first-order valence-corrected chi connectivity index (χ1v) is 10.2. The number of nitrogens with one attached hydrogen (secondary N) is 1. The second kappa shape index (κ2) is 9.71. The first kappa shape index (κ1) is 20.4. The van der Waals surface area contributed by atoms with Gasteiger partial charge in [0.1, 0.15) is 0 Å². The minimum absolute atomic E-state index is 0.0498. The molecule has 2 amide bonds. The number of ether oxygens (including phenoxy) is 2. The van der Waals surface area contributed by atoms with Crippen LogP contribution in [0.1, 0.15) is 6.42 Å². The van der Waals surface area contributed by atoms with Gasteiger partial charge in [-0.15, -0.1) is 11.8 Å². The molecule has 0 spiro atoms. The maximum Gasteiger partial charge on any atom is 0.244 e. The monoisotopic (exact) mass is 420 g/mol. The molecular weight excluding hydrogens is 400 g/mol. The quantitative estimate of drug-likeness (QED) is 0.722. The van der Waals surface area contributed by atoms with E-state index in [9.17, 15) is 9.59 Å². The number of nitrogens with zero attached hydrogens (tertiary/aromatic N) is 1. The molecular formula is C20H21ClN2O4S. The Balaban J connectivity index is 1.49. The van der Waals surface area contributed by atoms with Crippen molar-refractivity contribution in [3.05, 3.63) is 47.5 Å². The summed E-state index contributed by atoms with van der Waals surface area (Å²) in [5.41, 5.74) is 0.525. The number of para-hydroxylation sites is 1. The number of carbonyl (C=O) groups excluding carboxylic acids is 2. The van der Waals surface area contributed by atoms with E-state index in [1.807, 2.05) is 18.2 Å². The zero-order chi connectivity index (χ0) is 19.9. The number of halogens is 1.